The van der Waals surface area contributed by atoms with Gasteiger partial charge in [0.15, 0.2) is 0 Å². The fourth-order valence-corrected chi connectivity index (χ4v) is 1.58. The number of nitrogens with two attached hydrogens (primary N) is 1. The molecule has 0 spiro atoms. The van der Waals surface area contributed by atoms with Crippen molar-refractivity contribution in [2.24, 2.45) is 0 Å². The molecular weight excluding hydrogens is 230 g/mol. The zero-order valence-corrected chi connectivity index (χ0v) is 8.86. The minimum atomic E-state index is -0.590. The Morgan fingerprint density at radius 2 is 2.00 bits per heavy atom. The van der Waals surface area contributed by atoms with E-state index < -0.39 is 11.2 Å². The Balaban J connectivity index is 2.74. The van der Waals surface area contributed by atoms with E-state index >= 15 is 0 Å². The highest BCUT2D eigenvalue weighted by Gasteiger charge is 2.05. The predicted octanol–water partition coefficient (Wildman–Crippen LogP) is 0.761. The zero-order chi connectivity index (χ0) is 11.7. The van der Waals surface area contributed by atoms with Gasteiger partial charge in [0.1, 0.15) is 5.82 Å². The van der Waals surface area contributed by atoms with Crippen LogP contribution in [0.1, 0.15) is 0 Å². The average Bonchev–Trinajstić information content (AvgIpc) is 2.15. The topological polar surface area (TPSA) is 80.9 Å². The van der Waals surface area contributed by atoms with Crippen LogP contribution in [-0.4, -0.2) is 9.55 Å². The second-order valence-electron chi connectivity index (χ2n) is 3.18. The van der Waals surface area contributed by atoms with E-state index in [0.717, 1.165) is 6.07 Å². The summed E-state index contributed by atoms with van der Waals surface area (Å²) in [5.41, 5.74) is 4.99. The van der Waals surface area contributed by atoms with Crippen LogP contribution >= 0.6 is 11.6 Å². The molecule has 6 heteroatoms. The van der Waals surface area contributed by atoms with Crippen LogP contribution < -0.4 is 17.0 Å². The van der Waals surface area contributed by atoms with Crippen LogP contribution in [0, 0.1) is 0 Å². The number of anilines is 1. The van der Waals surface area contributed by atoms with E-state index in [4.69, 9.17) is 17.3 Å². The van der Waals surface area contributed by atoms with Crippen molar-refractivity contribution in [1.82, 2.24) is 9.55 Å². The standard InChI is InChI=1S/C10H8ClN3O2/c11-6-2-1-3-7(4-6)14-8(12)5-9(15)13-10(14)16/h1-5H,12H2,(H,13,15,16). The van der Waals surface area contributed by atoms with E-state index in [1.807, 2.05) is 0 Å². The number of hydrogen-bond donors (Lipinski definition) is 2. The molecule has 0 amide bonds. The number of nitrogens with one attached hydrogen (secondary N) is 1. The summed E-state index contributed by atoms with van der Waals surface area (Å²) in [7, 11) is 0. The second-order valence-corrected chi connectivity index (χ2v) is 3.62. The van der Waals surface area contributed by atoms with Gasteiger partial charge in [-0.3, -0.25) is 9.78 Å². The minimum Gasteiger partial charge on any atom is -0.385 e. The molecule has 0 aliphatic heterocycles. The molecule has 0 aliphatic rings. The number of H-pyrrole nitrogens is 1. The van der Waals surface area contributed by atoms with Gasteiger partial charge in [-0.1, -0.05) is 17.7 Å². The largest absolute Gasteiger partial charge is 0.385 e. The predicted molar refractivity (Wildman–Crippen MR) is 62.1 cm³/mol. The smallest absolute Gasteiger partial charge is 0.334 e. The Labute approximate surface area is 95.1 Å². The first-order chi connectivity index (χ1) is 7.58. The van der Waals surface area contributed by atoms with Crippen molar-refractivity contribution in [3.8, 4) is 5.69 Å². The number of rotatable bonds is 1. The molecule has 3 N–H and O–H groups in total. The molecule has 0 saturated carbocycles. The third kappa shape index (κ3) is 1.85. The molecule has 1 aromatic heterocycles. The SMILES string of the molecule is Nc1cc(=O)[nH]c(=O)n1-c1cccc(Cl)c1. The highest BCUT2D eigenvalue weighted by Crippen LogP contribution is 2.14. The lowest BCUT2D eigenvalue weighted by molar-refractivity contribution is 0.909. The maximum atomic E-state index is 11.6. The molecule has 2 aromatic rings. The van der Waals surface area contributed by atoms with Gasteiger partial charge in [-0.15, -0.1) is 0 Å². The minimum absolute atomic E-state index is 0.0658. The van der Waals surface area contributed by atoms with E-state index in [0.29, 0.717) is 10.7 Å². The number of nitrogens with zero attached hydrogens (tertiary/aromatic N) is 1. The first-order valence-electron chi connectivity index (χ1n) is 4.46. The summed E-state index contributed by atoms with van der Waals surface area (Å²) in [4.78, 5) is 24.7. The molecule has 0 fully saturated rings. The van der Waals surface area contributed by atoms with Crippen LogP contribution in [0.25, 0.3) is 5.69 Å². The van der Waals surface area contributed by atoms with Crippen LogP contribution in [-0.2, 0) is 0 Å². The van der Waals surface area contributed by atoms with E-state index in [-0.39, 0.29) is 5.82 Å². The zero-order valence-electron chi connectivity index (χ0n) is 8.11. The normalized spacial score (nSPS) is 10.3. The van der Waals surface area contributed by atoms with Gasteiger partial charge in [0.25, 0.3) is 5.56 Å². The average molecular weight is 238 g/mol. The van der Waals surface area contributed by atoms with Gasteiger partial charge in [0.05, 0.1) is 5.69 Å². The number of nitrogen functional groups attached to an aromatic ring is 1. The highest BCUT2D eigenvalue weighted by atomic mass is 35.5. The Bertz CT molecular complexity index is 645. The van der Waals surface area contributed by atoms with Gasteiger partial charge in [0.2, 0.25) is 0 Å². The maximum absolute atomic E-state index is 11.6. The maximum Gasteiger partial charge on any atom is 0.334 e. The summed E-state index contributed by atoms with van der Waals surface area (Å²) in [6, 6.07) is 7.76. The molecule has 0 unspecified atom stereocenters. The lowest BCUT2D eigenvalue weighted by Gasteiger charge is -2.07. The number of halogens is 1. The summed E-state index contributed by atoms with van der Waals surface area (Å²) in [5, 5.41) is 0.481. The summed E-state index contributed by atoms with van der Waals surface area (Å²) >= 11 is 5.80. The van der Waals surface area contributed by atoms with E-state index in [9.17, 15) is 9.59 Å². The van der Waals surface area contributed by atoms with E-state index in [1.165, 1.54) is 4.57 Å². The summed E-state index contributed by atoms with van der Waals surface area (Å²) in [6.45, 7) is 0. The summed E-state index contributed by atoms with van der Waals surface area (Å²) < 4.78 is 1.17. The molecule has 1 aromatic carbocycles. The van der Waals surface area contributed by atoms with Crippen LogP contribution in [0.4, 0.5) is 5.82 Å². The third-order valence-electron chi connectivity index (χ3n) is 2.04. The van der Waals surface area contributed by atoms with Crippen LogP contribution in [0.3, 0.4) is 0 Å². The van der Waals surface area contributed by atoms with Crippen molar-refractivity contribution >= 4 is 17.4 Å². The Morgan fingerprint density at radius 1 is 1.25 bits per heavy atom. The fraction of sp³-hybridized carbons (Fsp3) is 0. The number of aromatic nitrogens is 2. The van der Waals surface area contributed by atoms with Gasteiger partial charge in [-0.05, 0) is 18.2 Å². The summed E-state index contributed by atoms with van der Waals surface area (Å²) in [6.07, 6.45) is 0. The van der Waals surface area contributed by atoms with Crippen LogP contribution in [0.5, 0.6) is 0 Å². The highest BCUT2D eigenvalue weighted by molar-refractivity contribution is 6.30. The second kappa shape index (κ2) is 3.86. The monoisotopic (exact) mass is 237 g/mol. The molecule has 82 valence electrons. The van der Waals surface area contributed by atoms with Gasteiger partial charge in [-0.2, -0.15) is 0 Å². The van der Waals surface area contributed by atoms with Gasteiger partial charge < -0.3 is 5.73 Å². The van der Waals surface area contributed by atoms with Crippen LogP contribution in [0.15, 0.2) is 39.9 Å². The van der Waals surface area contributed by atoms with Crippen molar-refractivity contribution in [3.63, 3.8) is 0 Å². The quantitative estimate of drug-likeness (QED) is 0.768. The molecule has 2 rings (SSSR count). The Morgan fingerprint density at radius 3 is 2.62 bits per heavy atom. The first kappa shape index (κ1) is 10.5. The van der Waals surface area contributed by atoms with Crippen LogP contribution in [0.2, 0.25) is 5.02 Å². The van der Waals surface area contributed by atoms with E-state index in [2.05, 4.69) is 4.98 Å². The molecule has 1 heterocycles. The molecule has 0 radical (unpaired) electrons. The van der Waals surface area contributed by atoms with Crippen molar-refractivity contribution in [3.05, 3.63) is 56.2 Å². The van der Waals surface area contributed by atoms with Gasteiger partial charge in [0, 0.05) is 11.1 Å². The van der Waals surface area contributed by atoms with Crippen molar-refractivity contribution in [1.29, 1.82) is 0 Å². The van der Waals surface area contributed by atoms with Crippen molar-refractivity contribution in [2.45, 2.75) is 0 Å². The molecule has 5 nitrogen and oxygen atoms in total. The first-order valence-corrected chi connectivity index (χ1v) is 4.83. The number of benzene rings is 1. The van der Waals surface area contributed by atoms with Crippen molar-refractivity contribution < 1.29 is 0 Å². The molecule has 0 aliphatic carbocycles. The lowest BCUT2D eigenvalue weighted by Crippen LogP contribution is -2.30. The third-order valence-corrected chi connectivity index (χ3v) is 2.27. The number of hydrogen-bond acceptors (Lipinski definition) is 3. The summed E-state index contributed by atoms with van der Waals surface area (Å²) in [5.74, 6) is 0.0658. The molecular formula is C10H8ClN3O2. The van der Waals surface area contributed by atoms with Crippen molar-refractivity contribution in [2.75, 3.05) is 5.73 Å². The Hall–Kier alpha value is -2.01. The Kier molecular flexibility index (Phi) is 2.54. The molecule has 16 heavy (non-hydrogen) atoms. The van der Waals surface area contributed by atoms with Gasteiger partial charge >= 0.3 is 5.69 Å². The van der Waals surface area contributed by atoms with Gasteiger partial charge in [-0.25, -0.2) is 9.36 Å². The molecule has 0 saturated heterocycles. The van der Waals surface area contributed by atoms with E-state index in [1.54, 1.807) is 24.3 Å². The molecule has 0 bridgehead atoms. The fourth-order valence-electron chi connectivity index (χ4n) is 1.40. The number of aromatic amines is 1. The lowest BCUT2D eigenvalue weighted by atomic mass is 10.3. The molecule has 0 atom stereocenters.